The lowest BCUT2D eigenvalue weighted by Gasteiger charge is -2.39. The summed E-state index contributed by atoms with van der Waals surface area (Å²) in [5, 5.41) is 9.24. The van der Waals surface area contributed by atoms with Crippen LogP contribution in [0.4, 0.5) is 4.39 Å². The Hall–Kier alpha value is -1.46. The van der Waals surface area contributed by atoms with Crippen molar-refractivity contribution in [1.82, 2.24) is 14.9 Å². The van der Waals surface area contributed by atoms with Gasteiger partial charge in [0.15, 0.2) is 0 Å². The van der Waals surface area contributed by atoms with Crippen molar-refractivity contribution in [2.45, 2.75) is 44.7 Å². The van der Waals surface area contributed by atoms with Gasteiger partial charge in [0.1, 0.15) is 11.6 Å². The number of piperidine rings is 1. The Morgan fingerprint density at radius 3 is 3.14 bits per heavy atom. The first-order valence-electron chi connectivity index (χ1n) is 7.71. The highest BCUT2D eigenvalue weighted by atomic mass is 19.1. The molecule has 1 aromatic carbocycles. The maximum atomic E-state index is 13.3. The Morgan fingerprint density at radius 2 is 2.33 bits per heavy atom. The first-order valence-corrected chi connectivity index (χ1v) is 7.71. The van der Waals surface area contributed by atoms with E-state index in [-0.39, 0.29) is 18.5 Å². The van der Waals surface area contributed by atoms with E-state index in [9.17, 15) is 9.50 Å². The number of likely N-dealkylation sites (tertiary alicyclic amines) is 1. The number of nitrogens with zero attached hydrogens (tertiary/aromatic N) is 2. The van der Waals surface area contributed by atoms with Gasteiger partial charge < -0.3 is 10.1 Å². The summed E-state index contributed by atoms with van der Waals surface area (Å²) in [4.78, 5) is 10.2. The molecule has 2 aromatic rings. The first kappa shape index (κ1) is 14.5. The number of imidazole rings is 1. The Bertz CT molecular complexity index is 611. The lowest BCUT2D eigenvalue weighted by molar-refractivity contribution is 0.0794. The molecule has 4 nitrogen and oxygen atoms in total. The van der Waals surface area contributed by atoms with Gasteiger partial charge in [-0.2, -0.15) is 0 Å². The number of fused-ring (bicyclic) bond motifs is 1. The maximum Gasteiger partial charge on any atom is 0.125 e. The van der Waals surface area contributed by atoms with Crippen molar-refractivity contribution in [3.63, 3.8) is 0 Å². The fraction of sp³-hybridized carbons (Fsp3) is 0.562. The summed E-state index contributed by atoms with van der Waals surface area (Å²) in [6.45, 7) is 3.38. The third-order valence-corrected chi connectivity index (χ3v) is 4.49. The van der Waals surface area contributed by atoms with Crippen LogP contribution in [0.3, 0.4) is 0 Å². The van der Waals surface area contributed by atoms with Crippen LogP contribution in [0.5, 0.6) is 0 Å². The van der Waals surface area contributed by atoms with Crippen molar-refractivity contribution in [3.05, 3.63) is 29.8 Å². The van der Waals surface area contributed by atoms with Crippen LogP contribution in [0, 0.1) is 5.82 Å². The SMILES string of the molecule is CC(c1nc2ccc(F)cc2[nH]1)N1CCCCC1CCO. The van der Waals surface area contributed by atoms with Gasteiger partial charge in [-0.05, 0) is 50.9 Å². The summed E-state index contributed by atoms with van der Waals surface area (Å²) in [6, 6.07) is 5.19. The molecule has 1 aliphatic heterocycles. The number of aromatic amines is 1. The summed E-state index contributed by atoms with van der Waals surface area (Å²) in [7, 11) is 0. The van der Waals surface area contributed by atoms with E-state index in [0.29, 0.717) is 6.04 Å². The molecule has 0 saturated carbocycles. The number of rotatable bonds is 4. The third kappa shape index (κ3) is 2.94. The van der Waals surface area contributed by atoms with Gasteiger partial charge in [0, 0.05) is 12.6 Å². The lowest BCUT2D eigenvalue weighted by atomic mass is 9.97. The Morgan fingerprint density at radius 1 is 1.48 bits per heavy atom. The highest BCUT2D eigenvalue weighted by molar-refractivity contribution is 5.75. The zero-order valence-electron chi connectivity index (χ0n) is 12.3. The summed E-state index contributed by atoms with van der Waals surface area (Å²) in [5.41, 5.74) is 1.54. The van der Waals surface area contributed by atoms with Crippen LogP contribution in [0.15, 0.2) is 18.2 Å². The molecule has 2 N–H and O–H groups in total. The molecule has 2 heterocycles. The highest BCUT2D eigenvalue weighted by Gasteiger charge is 2.28. The molecule has 2 atom stereocenters. The monoisotopic (exact) mass is 291 g/mol. The molecule has 0 amide bonds. The standard InChI is InChI=1S/C16H22FN3O/c1-11(20-8-3-2-4-13(20)7-9-21)16-18-14-6-5-12(17)10-15(14)19-16/h5-6,10-11,13,21H,2-4,7-9H2,1H3,(H,18,19). The summed E-state index contributed by atoms with van der Waals surface area (Å²) in [5.74, 6) is 0.627. The minimum atomic E-state index is -0.249. The number of halogens is 1. The number of benzene rings is 1. The molecule has 0 aliphatic carbocycles. The molecule has 1 aliphatic rings. The van der Waals surface area contributed by atoms with Crippen molar-refractivity contribution in [2.75, 3.05) is 13.2 Å². The third-order valence-electron chi connectivity index (χ3n) is 4.49. The fourth-order valence-corrected chi connectivity index (χ4v) is 3.35. The number of aliphatic hydroxyl groups excluding tert-OH is 1. The number of hydrogen-bond donors (Lipinski definition) is 2. The van der Waals surface area contributed by atoms with Crippen LogP contribution in [0.1, 0.15) is 44.5 Å². The average molecular weight is 291 g/mol. The van der Waals surface area contributed by atoms with Gasteiger partial charge in [-0.3, -0.25) is 4.90 Å². The normalized spacial score (nSPS) is 21.8. The molecule has 1 saturated heterocycles. The molecule has 0 radical (unpaired) electrons. The lowest BCUT2D eigenvalue weighted by Crippen LogP contribution is -2.41. The molecular weight excluding hydrogens is 269 g/mol. The van der Waals surface area contributed by atoms with Gasteiger partial charge in [0.25, 0.3) is 0 Å². The van der Waals surface area contributed by atoms with E-state index in [1.807, 2.05) is 0 Å². The number of hydrogen-bond acceptors (Lipinski definition) is 3. The average Bonchev–Trinajstić information content (AvgIpc) is 2.90. The number of nitrogens with one attached hydrogen (secondary N) is 1. The van der Waals surface area contributed by atoms with Crippen molar-refractivity contribution in [1.29, 1.82) is 0 Å². The smallest absolute Gasteiger partial charge is 0.125 e. The first-order chi connectivity index (χ1) is 10.2. The second-order valence-electron chi connectivity index (χ2n) is 5.86. The van der Waals surface area contributed by atoms with Crippen LogP contribution in [-0.4, -0.2) is 39.2 Å². The van der Waals surface area contributed by atoms with Gasteiger partial charge >= 0.3 is 0 Å². The van der Waals surface area contributed by atoms with Gasteiger partial charge in [-0.1, -0.05) is 6.42 Å². The molecule has 5 heteroatoms. The molecule has 114 valence electrons. The van der Waals surface area contributed by atoms with E-state index in [0.717, 1.165) is 36.2 Å². The summed E-state index contributed by atoms with van der Waals surface area (Å²) in [6.07, 6.45) is 4.33. The van der Waals surface area contributed by atoms with Crippen LogP contribution in [-0.2, 0) is 0 Å². The number of aliphatic hydroxyl groups is 1. The van der Waals surface area contributed by atoms with Crippen LogP contribution in [0.2, 0.25) is 0 Å². The minimum absolute atomic E-state index is 0.150. The fourth-order valence-electron chi connectivity index (χ4n) is 3.35. The Balaban J connectivity index is 1.85. The Labute approximate surface area is 124 Å². The second-order valence-corrected chi connectivity index (χ2v) is 5.86. The molecule has 2 unspecified atom stereocenters. The molecule has 21 heavy (non-hydrogen) atoms. The van der Waals surface area contributed by atoms with Gasteiger partial charge in [-0.25, -0.2) is 9.37 Å². The summed E-state index contributed by atoms with van der Waals surface area (Å²) >= 11 is 0. The predicted octanol–water partition coefficient (Wildman–Crippen LogP) is 3.00. The topological polar surface area (TPSA) is 52.2 Å². The van der Waals surface area contributed by atoms with Crippen molar-refractivity contribution >= 4 is 11.0 Å². The van der Waals surface area contributed by atoms with E-state index in [4.69, 9.17) is 0 Å². The zero-order chi connectivity index (χ0) is 14.8. The van der Waals surface area contributed by atoms with Gasteiger partial charge in [0.05, 0.1) is 17.1 Å². The quantitative estimate of drug-likeness (QED) is 0.910. The molecule has 0 bridgehead atoms. The zero-order valence-corrected chi connectivity index (χ0v) is 12.3. The molecule has 1 aromatic heterocycles. The largest absolute Gasteiger partial charge is 0.396 e. The maximum absolute atomic E-state index is 13.3. The molecule has 1 fully saturated rings. The second kappa shape index (κ2) is 6.12. The predicted molar refractivity (Wildman–Crippen MR) is 80.5 cm³/mol. The summed E-state index contributed by atoms with van der Waals surface area (Å²) < 4.78 is 13.3. The number of H-pyrrole nitrogens is 1. The van der Waals surface area contributed by atoms with Crippen molar-refractivity contribution in [2.24, 2.45) is 0 Å². The van der Waals surface area contributed by atoms with E-state index in [2.05, 4.69) is 21.8 Å². The van der Waals surface area contributed by atoms with Crippen molar-refractivity contribution < 1.29 is 9.50 Å². The van der Waals surface area contributed by atoms with Crippen LogP contribution < -0.4 is 0 Å². The molecule has 3 rings (SSSR count). The van der Waals surface area contributed by atoms with E-state index in [1.54, 1.807) is 6.07 Å². The van der Waals surface area contributed by atoms with E-state index in [1.165, 1.54) is 25.0 Å². The van der Waals surface area contributed by atoms with Crippen LogP contribution >= 0.6 is 0 Å². The molecule has 0 spiro atoms. The van der Waals surface area contributed by atoms with Crippen LogP contribution in [0.25, 0.3) is 11.0 Å². The van der Waals surface area contributed by atoms with Crippen molar-refractivity contribution in [3.8, 4) is 0 Å². The van der Waals surface area contributed by atoms with Gasteiger partial charge in [0.2, 0.25) is 0 Å². The Kier molecular flexibility index (Phi) is 4.22. The number of aromatic nitrogens is 2. The molecular formula is C16H22FN3O. The minimum Gasteiger partial charge on any atom is -0.396 e. The van der Waals surface area contributed by atoms with E-state index < -0.39 is 0 Å². The highest BCUT2D eigenvalue weighted by Crippen LogP contribution is 2.29. The van der Waals surface area contributed by atoms with E-state index >= 15 is 0 Å². The van der Waals surface area contributed by atoms with Gasteiger partial charge in [-0.15, -0.1) is 0 Å².